The summed E-state index contributed by atoms with van der Waals surface area (Å²) in [6, 6.07) is 14.9. The number of aliphatic carboxylic acids is 1. The molecule has 96 valence electrons. The first kappa shape index (κ1) is 12.9. The fourth-order valence-electron chi connectivity index (χ4n) is 1.86. The van der Waals surface area contributed by atoms with Crippen molar-refractivity contribution in [3.05, 3.63) is 60.7 Å². The Balaban J connectivity index is 2.38. The van der Waals surface area contributed by atoms with E-state index in [2.05, 4.69) is 6.58 Å². The summed E-state index contributed by atoms with van der Waals surface area (Å²) in [6.45, 7) is 3.54. The van der Waals surface area contributed by atoms with E-state index in [1.54, 1.807) is 19.2 Å². The van der Waals surface area contributed by atoms with Gasteiger partial charge in [0.15, 0.2) is 0 Å². The van der Waals surface area contributed by atoms with Crippen molar-refractivity contribution in [2.75, 3.05) is 7.11 Å². The first-order valence-electron chi connectivity index (χ1n) is 5.79. The van der Waals surface area contributed by atoms with Crippen LogP contribution in [0.4, 0.5) is 0 Å². The van der Waals surface area contributed by atoms with Crippen LogP contribution in [-0.2, 0) is 4.79 Å². The van der Waals surface area contributed by atoms with Crippen LogP contribution in [0.15, 0.2) is 55.1 Å². The van der Waals surface area contributed by atoms with Crippen LogP contribution in [0.5, 0.6) is 5.75 Å². The molecule has 0 aliphatic carbocycles. The topological polar surface area (TPSA) is 46.5 Å². The lowest BCUT2D eigenvalue weighted by molar-refractivity contribution is -0.130. The summed E-state index contributed by atoms with van der Waals surface area (Å²) in [6.07, 6.45) is 0. The molecule has 0 amide bonds. The Morgan fingerprint density at radius 1 is 1.11 bits per heavy atom. The zero-order chi connectivity index (χ0) is 13.8. The van der Waals surface area contributed by atoms with Gasteiger partial charge in [-0.05, 0) is 17.2 Å². The van der Waals surface area contributed by atoms with Crippen molar-refractivity contribution in [2.45, 2.75) is 0 Å². The van der Waals surface area contributed by atoms with E-state index in [1.807, 2.05) is 36.4 Å². The van der Waals surface area contributed by atoms with Gasteiger partial charge in [0.25, 0.3) is 0 Å². The smallest absolute Gasteiger partial charge is 0.335 e. The number of methoxy groups -OCH3 is 1. The highest BCUT2D eigenvalue weighted by molar-refractivity contribution is 6.14. The number of rotatable bonds is 4. The van der Waals surface area contributed by atoms with Crippen LogP contribution >= 0.6 is 0 Å². The molecule has 0 aliphatic rings. The van der Waals surface area contributed by atoms with Crippen LogP contribution in [0.25, 0.3) is 16.7 Å². The molecule has 0 saturated carbocycles. The molecular formula is C16H14O3. The third kappa shape index (κ3) is 2.65. The largest absolute Gasteiger partial charge is 0.496 e. The average molecular weight is 254 g/mol. The van der Waals surface area contributed by atoms with Crippen molar-refractivity contribution in [1.29, 1.82) is 0 Å². The molecule has 0 saturated heterocycles. The number of hydrogen-bond donors (Lipinski definition) is 1. The van der Waals surface area contributed by atoms with E-state index in [9.17, 15) is 4.79 Å². The van der Waals surface area contributed by atoms with Crippen LogP contribution in [0, 0.1) is 0 Å². The van der Waals surface area contributed by atoms with E-state index in [-0.39, 0.29) is 5.57 Å². The van der Waals surface area contributed by atoms with Crippen molar-refractivity contribution in [3.8, 4) is 16.9 Å². The van der Waals surface area contributed by atoms with Gasteiger partial charge < -0.3 is 9.84 Å². The molecule has 0 unspecified atom stereocenters. The quantitative estimate of drug-likeness (QED) is 0.850. The van der Waals surface area contributed by atoms with E-state index in [0.29, 0.717) is 5.56 Å². The van der Waals surface area contributed by atoms with Crippen LogP contribution in [0.2, 0.25) is 0 Å². The molecule has 0 radical (unpaired) electrons. The second-order valence-corrected chi connectivity index (χ2v) is 4.06. The van der Waals surface area contributed by atoms with Crippen molar-refractivity contribution >= 4 is 11.5 Å². The minimum Gasteiger partial charge on any atom is -0.496 e. The van der Waals surface area contributed by atoms with Gasteiger partial charge in [-0.2, -0.15) is 0 Å². The molecule has 0 heterocycles. The van der Waals surface area contributed by atoms with Gasteiger partial charge in [0.1, 0.15) is 5.75 Å². The van der Waals surface area contributed by atoms with Crippen LogP contribution in [0.1, 0.15) is 5.56 Å². The predicted molar refractivity (Wildman–Crippen MR) is 75.1 cm³/mol. The van der Waals surface area contributed by atoms with Crippen LogP contribution in [0.3, 0.4) is 0 Å². The van der Waals surface area contributed by atoms with E-state index in [4.69, 9.17) is 9.84 Å². The molecule has 0 aliphatic heterocycles. The predicted octanol–water partition coefficient (Wildman–Crippen LogP) is 3.46. The van der Waals surface area contributed by atoms with Gasteiger partial charge in [0.2, 0.25) is 0 Å². The lowest BCUT2D eigenvalue weighted by Crippen LogP contribution is -1.97. The van der Waals surface area contributed by atoms with Gasteiger partial charge in [-0.3, -0.25) is 0 Å². The molecule has 0 aromatic heterocycles. The van der Waals surface area contributed by atoms with Crippen molar-refractivity contribution in [1.82, 2.24) is 0 Å². The summed E-state index contributed by atoms with van der Waals surface area (Å²) in [5.74, 6) is -0.225. The Labute approximate surface area is 111 Å². The maximum Gasteiger partial charge on any atom is 0.335 e. The van der Waals surface area contributed by atoms with Gasteiger partial charge in [0, 0.05) is 5.56 Å². The Morgan fingerprint density at radius 2 is 1.74 bits per heavy atom. The molecule has 3 nitrogen and oxygen atoms in total. The van der Waals surface area contributed by atoms with Gasteiger partial charge >= 0.3 is 5.97 Å². The number of benzene rings is 2. The van der Waals surface area contributed by atoms with Gasteiger partial charge in [0.05, 0.1) is 12.7 Å². The molecule has 2 aromatic rings. The van der Waals surface area contributed by atoms with Crippen molar-refractivity contribution in [2.24, 2.45) is 0 Å². The zero-order valence-electron chi connectivity index (χ0n) is 10.6. The average Bonchev–Trinajstić information content (AvgIpc) is 2.46. The third-order valence-corrected chi connectivity index (χ3v) is 2.91. The van der Waals surface area contributed by atoms with Crippen LogP contribution in [-0.4, -0.2) is 18.2 Å². The lowest BCUT2D eigenvalue weighted by atomic mass is 10.0. The fourth-order valence-corrected chi connectivity index (χ4v) is 1.86. The fraction of sp³-hybridized carbons (Fsp3) is 0.0625. The Hall–Kier alpha value is -2.55. The maximum absolute atomic E-state index is 10.8. The maximum atomic E-state index is 10.8. The molecule has 0 spiro atoms. The Bertz CT molecular complexity index is 612. The highest BCUT2D eigenvalue weighted by Gasteiger charge is 2.08. The third-order valence-electron chi connectivity index (χ3n) is 2.91. The van der Waals surface area contributed by atoms with Crippen molar-refractivity contribution in [3.63, 3.8) is 0 Å². The standard InChI is InChI=1S/C16H14O3/c1-11(16(17)18)12-7-9-13(10-8-12)14-5-3-4-6-15(14)19-2/h3-10H,1H2,2H3,(H,17,18). The minimum atomic E-state index is -1.01. The molecule has 3 heteroatoms. The van der Waals surface area contributed by atoms with E-state index in [1.165, 1.54) is 0 Å². The highest BCUT2D eigenvalue weighted by atomic mass is 16.5. The van der Waals surface area contributed by atoms with E-state index in [0.717, 1.165) is 16.9 Å². The highest BCUT2D eigenvalue weighted by Crippen LogP contribution is 2.30. The summed E-state index contributed by atoms with van der Waals surface area (Å²) >= 11 is 0. The number of carboxylic acids is 1. The summed E-state index contributed by atoms with van der Waals surface area (Å²) in [5.41, 5.74) is 2.63. The zero-order valence-corrected chi connectivity index (χ0v) is 10.6. The van der Waals surface area contributed by atoms with Crippen molar-refractivity contribution < 1.29 is 14.6 Å². The molecule has 1 N–H and O–H groups in total. The van der Waals surface area contributed by atoms with E-state index >= 15 is 0 Å². The Morgan fingerprint density at radius 3 is 2.32 bits per heavy atom. The first-order chi connectivity index (χ1) is 9.13. The normalized spacial score (nSPS) is 9.95. The number of carboxylic acid groups (broad SMARTS) is 1. The lowest BCUT2D eigenvalue weighted by Gasteiger charge is -2.09. The second kappa shape index (κ2) is 5.40. The molecule has 0 fully saturated rings. The van der Waals surface area contributed by atoms with Gasteiger partial charge in [-0.25, -0.2) is 4.79 Å². The molecule has 2 rings (SSSR count). The van der Waals surface area contributed by atoms with Crippen LogP contribution < -0.4 is 4.74 Å². The summed E-state index contributed by atoms with van der Waals surface area (Å²) in [4.78, 5) is 10.8. The molecule has 2 aromatic carbocycles. The molecule has 0 atom stereocenters. The minimum absolute atomic E-state index is 0.0894. The number of ether oxygens (including phenoxy) is 1. The number of para-hydroxylation sites is 1. The molecule has 0 bridgehead atoms. The van der Waals surface area contributed by atoms with E-state index < -0.39 is 5.97 Å². The second-order valence-electron chi connectivity index (χ2n) is 4.06. The molecular weight excluding hydrogens is 240 g/mol. The summed E-state index contributed by atoms with van der Waals surface area (Å²) in [5, 5.41) is 8.88. The summed E-state index contributed by atoms with van der Waals surface area (Å²) in [7, 11) is 1.62. The monoisotopic (exact) mass is 254 g/mol. The molecule has 19 heavy (non-hydrogen) atoms. The Kier molecular flexibility index (Phi) is 3.66. The number of hydrogen-bond acceptors (Lipinski definition) is 2. The van der Waals surface area contributed by atoms with Gasteiger partial charge in [-0.1, -0.05) is 49.0 Å². The van der Waals surface area contributed by atoms with Gasteiger partial charge in [-0.15, -0.1) is 0 Å². The first-order valence-corrected chi connectivity index (χ1v) is 5.79. The number of carbonyl (C=O) groups is 1. The SMILES string of the molecule is C=C(C(=O)O)c1ccc(-c2ccccc2OC)cc1. The summed E-state index contributed by atoms with van der Waals surface area (Å²) < 4.78 is 5.30.